The van der Waals surface area contributed by atoms with Gasteiger partial charge in [0.05, 0.1) is 23.0 Å². The highest BCUT2D eigenvalue weighted by atomic mass is 19.1. The SMILES string of the molecule is O=C(O)c1cccc(-c2nc3nc(-c4cccnc4)c(-c4ccncc4F)cc3[nH]2)c1. The molecule has 0 aliphatic heterocycles. The van der Waals surface area contributed by atoms with Crippen LogP contribution >= 0.6 is 0 Å². The normalized spacial score (nSPS) is 11.0. The monoisotopic (exact) mass is 411 g/mol. The molecule has 4 aromatic heterocycles. The zero-order valence-corrected chi connectivity index (χ0v) is 16.0. The van der Waals surface area contributed by atoms with Gasteiger partial charge in [-0.25, -0.2) is 19.2 Å². The molecule has 4 heterocycles. The highest BCUT2D eigenvalue weighted by Gasteiger charge is 2.17. The van der Waals surface area contributed by atoms with E-state index in [2.05, 4.69) is 24.9 Å². The smallest absolute Gasteiger partial charge is 0.335 e. The number of aromatic nitrogens is 5. The van der Waals surface area contributed by atoms with E-state index in [4.69, 9.17) is 0 Å². The Hall–Kier alpha value is -4.46. The largest absolute Gasteiger partial charge is 0.478 e. The van der Waals surface area contributed by atoms with Gasteiger partial charge in [0.2, 0.25) is 0 Å². The number of nitrogens with one attached hydrogen (secondary N) is 1. The highest BCUT2D eigenvalue weighted by Crippen LogP contribution is 2.34. The van der Waals surface area contributed by atoms with Crippen LogP contribution in [0.5, 0.6) is 0 Å². The summed E-state index contributed by atoms with van der Waals surface area (Å²) in [4.78, 5) is 31.7. The highest BCUT2D eigenvalue weighted by molar-refractivity contribution is 5.91. The summed E-state index contributed by atoms with van der Waals surface area (Å²) >= 11 is 0. The third-order valence-corrected chi connectivity index (χ3v) is 4.85. The number of benzene rings is 1. The number of carboxylic acids is 1. The van der Waals surface area contributed by atoms with E-state index in [1.165, 1.54) is 18.3 Å². The van der Waals surface area contributed by atoms with Crippen molar-refractivity contribution in [2.75, 3.05) is 0 Å². The van der Waals surface area contributed by atoms with Gasteiger partial charge in [0.1, 0.15) is 11.6 Å². The second-order valence-electron chi connectivity index (χ2n) is 6.82. The Labute approximate surface area is 175 Å². The molecule has 31 heavy (non-hydrogen) atoms. The minimum absolute atomic E-state index is 0.154. The molecule has 0 bridgehead atoms. The number of hydrogen-bond donors (Lipinski definition) is 2. The number of carbonyl (C=O) groups is 1. The molecule has 150 valence electrons. The zero-order chi connectivity index (χ0) is 21.4. The van der Waals surface area contributed by atoms with Gasteiger partial charge in [0.25, 0.3) is 0 Å². The predicted molar refractivity (Wildman–Crippen MR) is 113 cm³/mol. The molecule has 0 amide bonds. The van der Waals surface area contributed by atoms with E-state index in [-0.39, 0.29) is 5.56 Å². The lowest BCUT2D eigenvalue weighted by molar-refractivity contribution is 0.0697. The molecule has 0 saturated heterocycles. The van der Waals surface area contributed by atoms with Crippen LogP contribution < -0.4 is 0 Å². The minimum Gasteiger partial charge on any atom is -0.478 e. The molecule has 0 spiro atoms. The standard InChI is InChI=1S/C23H14FN5O2/c24-18-12-26-8-6-16(18)17-10-19-22(28-20(17)15-5-2-7-25-11-15)29-21(27-19)13-3-1-4-14(9-13)23(30)31/h1-12H,(H,30,31)(H,27,28,29). The lowest BCUT2D eigenvalue weighted by atomic mass is 10.0. The zero-order valence-electron chi connectivity index (χ0n) is 16.0. The Kier molecular flexibility index (Phi) is 4.44. The summed E-state index contributed by atoms with van der Waals surface area (Å²) in [6, 6.07) is 13.4. The van der Waals surface area contributed by atoms with Crippen molar-refractivity contribution >= 4 is 17.1 Å². The van der Waals surface area contributed by atoms with Gasteiger partial charge in [-0.15, -0.1) is 0 Å². The molecule has 8 heteroatoms. The number of H-pyrrole nitrogens is 1. The van der Waals surface area contributed by atoms with Crippen LogP contribution in [0.15, 0.2) is 73.3 Å². The van der Waals surface area contributed by atoms with Crippen molar-refractivity contribution in [3.05, 3.63) is 84.7 Å². The first kappa shape index (κ1) is 18.6. The predicted octanol–water partition coefficient (Wildman–Crippen LogP) is 4.59. The molecular formula is C23H14FN5O2. The molecule has 7 nitrogen and oxygen atoms in total. The van der Waals surface area contributed by atoms with Crippen LogP contribution in [0.25, 0.3) is 44.9 Å². The number of aromatic carboxylic acids is 1. The maximum absolute atomic E-state index is 14.6. The van der Waals surface area contributed by atoms with Gasteiger partial charge in [-0.2, -0.15) is 0 Å². The number of imidazole rings is 1. The lowest BCUT2D eigenvalue weighted by Gasteiger charge is -2.09. The van der Waals surface area contributed by atoms with Gasteiger partial charge in [0, 0.05) is 40.8 Å². The molecule has 0 radical (unpaired) electrons. The summed E-state index contributed by atoms with van der Waals surface area (Å²) in [5.41, 5.74) is 3.94. The summed E-state index contributed by atoms with van der Waals surface area (Å²) < 4.78 is 14.6. The van der Waals surface area contributed by atoms with Crippen LogP contribution in [0.1, 0.15) is 10.4 Å². The van der Waals surface area contributed by atoms with Crippen molar-refractivity contribution in [2.45, 2.75) is 0 Å². The first-order chi connectivity index (χ1) is 15.1. The number of nitrogens with zero attached hydrogens (tertiary/aromatic N) is 4. The summed E-state index contributed by atoms with van der Waals surface area (Å²) in [5.74, 6) is -1.02. The topological polar surface area (TPSA) is 105 Å². The molecule has 0 aliphatic carbocycles. The summed E-state index contributed by atoms with van der Waals surface area (Å²) in [7, 11) is 0. The maximum Gasteiger partial charge on any atom is 0.335 e. The van der Waals surface area contributed by atoms with Crippen LogP contribution in [0.2, 0.25) is 0 Å². The molecule has 0 fully saturated rings. The van der Waals surface area contributed by atoms with Gasteiger partial charge in [-0.05, 0) is 36.4 Å². The first-order valence-corrected chi connectivity index (χ1v) is 9.35. The summed E-state index contributed by atoms with van der Waals surface area (Å²) in [6.07, 6.45) is 5.98. The van der Waals surface area contributed by atoms with Gasteiger partial charge in [-0.3, -0.25) is 9.97 Å². The minimum atomic E-state index is -1.02. The van der Waals surface area contributed by atoms with E-state index in [1.54, 1.807) is 42.7 Å². The van der Waals surface area contributed by atoms with Crippen LogP contribution in [-0.2, 0) is 0 Å². The van der Waals surface area contributed by atoms with E-state index in [0.29, 0.717) is 44.9 Å². The van der Waals surface area contributed by atoms with Crippen molar-refractivity contribution in [3.8, 4) is 33.8 Å². The second kappa shape index (κ2) is 7.42. The number of halogens is 1. The van der Waals surface area contributed by atoms with Crippen molar-refractivity contribution in [2.24, 2.45) is 0 Å². The Balaban J connectivity index is 1.73. The third kappa shape index (κ3) is 3.40. The lowest BCUT2D eigenvalue weighted by Crippen LogP contribution is -1.96. The van der Waals surface area contributed by atoms with E-state index in [9.17, 15) is 14.3 Å². The Morgan fingerprint density at radius 3 is 2.52 bits per heavy atom. The van der Waals surface area contributed by atoms with Gasteiger partial charge >= 0.3 is 5.97 Å². The van der Waals surface area contributed by atoms with Crippen LogP contribution in [0.3, 0.4) is 0 Å². The fourth-order valence-electron chi connectivity index (χ4n) is 3.40. The molecule has 0 atom stereocenters. The molecule has 0 aliphatic rings. The maximum atomic E-state index is 14.6. The number of hydrogen-bond acceptors (Lipinski definition) is 5. The molecule has 5 aromatic rings. The van der Waals surface area contributed by atoms with Crippen LogP contribution in [0, 0.1) is 5.82 Å². The van der Waals surface area contributed by atoms with E-state index < -0.39 is 11.8 Å². The molecule has 1 aromatic carbocycles. The average Bonchev–Trinajstić information content (AvgIpc) is 3.22. The van der Waals surface area contributed by atoms with Crippen molar-refractivity contribution in [1.29, 1.82) is 0 Å². The second-order valence-corrected chi connectivity index (χ2v) is 6.82. The first-order valence-electron chi connectivity index (χ1n) is 9.35. The molecule has 2 N–H and O–H groups in total. The van der Waals surface area contributed by atoms with Crippen LogP contribution in [0.4, 0.5) is 4.39 Å². The van der Waals surface area contributed by atoms with Crippen molar-refractivity contribution < 1.29 is 14.3 Å². The molecule has 0 saturated carbocycles. The average molecular weight is 411 g/mol. The third-order valence-electron chi connectivity index (χ3n) is 4.85. The van der Waals surface area contributed by atoms with Crippen molar-refractivity contribution in [3.63, 3.8) is 0 Å². The number of rotatable bonds is 4. The van der Waals surface area contributed by atoms with Crippen LogP contribution in [-0.4, -0.2) is 36.0 Å². The fraction of sp³-hybridized carbons (Fsp3) is 0. The fourth-order valence-corrected chi connectivity index (χ4v) is 3.40. The Bertz CT molecular complexity index is 1430. The Morgan fingerprint density at radius 2 is 1.74 bits per heavy atom. The number of fused-ring (bicyclic) bond motifs is 1. The quantitative estimate of drug-likeness (QED) is 0.448. The summed E-state index contributed by atoms with van der Waals surface area (Å²) in [6.45, 7) is 0. The number of pyridine rings is 3. The molecule has 0 unspecified atom stereocenters. The Morgan fingerprint density at radius 1 is 0.903 bits per heavy atom. The van der Waals surface area contributed by atoms with E-state index >= 15 is 0 Å². The van der Waals surface area contributed by atoms with E-state index in [1.807, 2.05) is 6.07 Å². The van der Waals surface area contributed by atoms with E-state index in [0.717, 1.165) is 6.20 Å². The molecule has 5 rings (SSSR count). The van der Waals surface area contributed by atoms with Gasteiger partial charge in [0.15, 0.2) is 5.65 Å². The van der Waals surface area contributed by atoms with Gasteiger partial charge in [-0.1, -0.05) is 12.1 Å². The summed E-state index contributed by atoms with van der Waals surface area (Å²) in [5, 5.41) is 9.26. The number of aromatic amines is 1. The van der Waals surface area contributed by atoms with Gasteiger partial charge < -0.3 is 10.1 Å². The number of carboxylic acid groups (broad SMARTS) is 1. The van der Waals surface area contributed by atoms with Crippen molar-refractivity contribution in [1.82, 2.24) is 24.9 Å². The molecular weight excluding hydrogens is 397 g/mol.